The molecule has 1 aromatic heterocycles. The molecule has 0 bridgehead atoms. The van der Waals surface area contributed by atoms with Gasteiger partial charge in [-0.05, 0) is 19.1 Å². The maximum absolute atomic E-state index is 6.30. The number of ether oxygens (including phenoxy) is 1. The van der Waals surface area contributed by atoms with Crippen LogP contribution in [0.2, 0.25) is 0 Å². The van der Waals surface area contributed by atoms with Crippen molar-refractivity contribution in [2.75, 3.05) is 5.75 Å². The van der Waals surface area contributed by atoms with Crippen LogP contribution in [0.1, 0.15) is 12.7 Å². The van der Waals surface area contributed by atoms with Crippen molar-refractivity contribution >= 4 is 11.8 Å². The minimum absolute atomic E-state index is 0.0110. The molecule has 1 aliphatic rings. The van der Waals surface area contributed by atoms with Crippen molar-refractivity contribution in [2.45, 2.75) is 36.9 Å². The average Bonchev–Trinajstić information content (AvgIpc) is 2.94. The highest BCUT2D eigenvalue weighted by Gasteiger charge is 2.26. The quantitative estimate of drug-likeness (QED) is 0.929. The van der Waals surface area contributed by atoms with Crippen LogP contribution >= 0.6 is 11.8 Å². The summed E-state index contributed by atoms with van der Waals surface area (Å²) in [5.74, 6) is 2.73. The molecule has 0 aliphatic carbocycles. The first-order chi connectivity index (χ1) is 9.78. The van der Waals surface area contributed by atoms with Crippen LogP contribution < -0.4 is 10.5 Å². The molecule has 6 heteroatoms. The summed E-state index contributed by atoms with van der Waals surface area (Å²) in [6, 6.07) is 8.01. The molecule has 0 saturated heterocycles. The lowest BCUT2D eigenvalue weighted by atomic mass is 10.1. The number of aromatic nitrogens is 3. The Morgan fingerprint density at radius 2 is 2.35 bits per heavy atom. The maximum Gasteiger partial charge on any atom is 0.138 e. The molecule has 2 atom stereocenters. The molecule has 2 unspecified atom stereocenters. The van der Waals surface area contributed by atoms with Crippen molar-refractivity contribution in [3.8, 4) is 5.75 Å². The highest BCUT2D eigenvalue weighted by Crippen LogP contribution is 2.35. The summed E-state index contributed by atoms with van der Waals surface area (Å²) >= 11 is 1.80. The minimum atomic E-state index is -0.0784. The average molecular weight is 290 g/mol. The molecule has 2 aromatic rings. The molecule has 0 fully saturated rings. The molecule has 0 amide bonds. The number of nitrogens with zero attached hydrogens (tertiary/aromatic N) is 3. The van der Waals surface area contributed by atoms with E-state index >= 15 is 0 Å². The zero-order valence-electron chi connectivity index (χ0n) is 11.4. The van der Waals surface area contributed by atoms with E-state index in [4.69, 9.17) is 10.5 Å². The predicted octanol–water partition coefficient (Wildman–Crippen LogP) is 1.72. The standard InChI is InChI=1S/C14H18N4OS/c1-2-18-14(16-9-17-18)7-10(15)12-8-20-13-6-4-3-5-11(13)19-12/h3-6,9-10,12H,2,7-8,15H2,1H3. The summed E-state index contributed by atoms with van der Waals surface area (Å²) in [7, 11) is 0. The van der Waals surface area contributed by atoms with Crippen molar-refractivity contribution in [1.82, 2.24) is 14.8 Å². The predicted molar refractivity (Wildman–Crippen MR) is 79.0 cm³/mol. The number of fused-ring (bicyclic) bond motifs is 1. The first kappa shape index (κ1) is 13.5. The second-order valence-electron chi connectivity index (χ2n) is 4.77. The third kappa shape index (κ3) is 2.66. The molecule has 1 aliphatic heterocycles. The van der Waals surface area contributed by atoms with Crippen LogP contribution in [0, 0.1) is 0 Å². The Bertz CT molecular complexity index is 586. The van der Waals surface area contributed by atoms with Crippen LogP contribution in [0.5, 0.6) is 5.75 Å². The number of hydrogen-bond donors (Lipinski definition) is 1. The number of benzene rings is 1. The SMILES string of the molecule is CCn1ncnc1CC(N)C1CSc2ccccc2O1. The molecule has 106 valence electrons. The Balaban J connectivity index is 1.68. The molecule has 2 N–H and O–H groups in total. The Labute approximate surface area is 122 Å². The lowest BCUT2D eigenvalue weighted by Crippen LogP contribution is -2.44. The molecular formula is C14H18N4OS. The van der Waals surface area contributed by atoms with Crippen LogP contribution in [-0.2, 0) is 13.0 Å². The topological polar surface area (TPSA) is 66.0 Å². The lowest BCUT2D eigenvalue weighted by Gasteiger charge is -2.29. The Hall–Kier alpha value is -1.53. The first-order valence-electron chi connectivity index (χ1n) is 6.78. The van der Waals surface area contributed by atoms with E-state index in [1.54, 1.807) is 18.1 Å². The van der Waals surface area contributed by atoms with Crippen LogP contribution in [-0.4, -0.2) is 32.7 Å². The summed E-state index contributed by atoms with van der Waals surface area (Å²) in [5.41, 5.74) is 6.30. The van der Waals surface area contributed by atoms with Crippen LogP contribution in [0.25, 0.3) is 0 Å². The molecule has 20 heavy (non-hydrogen) atoms. The zero-order valence-corrected chi connectivity index (χ0v) is 12.2. The fourth-order valence-corrected chi connectivity index (χ4v) is 3.39. The summed E-state index contributed by atoms with van der Waals surface area (Å²) in [6.45, 7) is 2.86. The Morgan fingerprint density at radius 3 is 3.20 bits per heavy atom. The van der Waals surface area contributed by atoms with Crippen molar-refractivity contribution in [2.24, 2.45) is 5.73 Å². The Kier molecular flexibility index (Phi) is 3.93. The summed E-state index contributed by atoms with van der Waals surface area (Å²) < 4.78 is 7.89. The zero-order chi connectivity index (χ0) is 13.9. The molecule has 1 aromatic carbocycles. The van der Waals surface area contributed by atoms with Gasteiger partial charge in [0.25, 0.3) is 0 Å². The minimum Gasteiger partial charge on any atom is -0.487 e. The van der Waals surface area contributed by atoms with E-state index < -0.39 is 0 Å². The highest BCUT2D eigenvalue weighted by molar-refractivity contribution is 7.99. The van der Waals surface area contributed by atoms with Gasteiger partial charge in [-0.2, -0.15) is 5.10 Å². The molecule has 0 radical (unpaired) electrons. The number of thioether (sulfide) groups is 1. The summed E-state index contributed by atoms with van der Waals surface area (Å²) in [4.78, 5) is 5.46. The first-order valence-corrected chi connectivity index (χ1v) is 7.77. The molecule has 5 nitrogen and oxygen atoms in total. The third-order valence-corrected chi connectivity index (χ3v) is 4.57. The fraction of sp³-hybridized carbons (Fsp3) is 0.429. The van der Waals surface area contributed by atoms with Crippen LogP contribution in [0.15, 0.2) is 35.5 Å². The summed E-state index contributed by atoms with van der Waals surface area (Å²) in [5, 5.41) is 4.17. The van der Waals surface area contributed by atoms with Gasteiger partial charge < -0.3 is 10.5 Å². The number of hydrogen-bond acceptors (Lipinski definition) is 5. The van der Waals surface area contributed by atoms with Crippen molar-refractivity contribution in [3.63, 3.8) is 0 Å². The monoisotopic (exact) mass is 290 g/mol. The van der Waals surface area contributed by atoms with Gasteiger partial charge in [0.15, 0.2) is 0 Å². The molecule has 0 saturated carbocycles. The van der Waals surface area contributed by atoms with E-state index in [-0.39, 0.29) is 12.1 Å². The number of para-hydroxylation sites is 1. The molecule has 0 spiro atoms. The second kappa shape index (κ2) is 5.85. The highest BCUT2D eigenvalue weighted by atomic mass is 32.2. The van der Waals surface area contributed by atoms with E-state index in [0.29, 0.717) is 6.42 Å². The van der Waals surface area contributed by atoms with Gasteiger partial charge in [0.1, 0.15) is 24.0 Å². The van der Waals surface area contributed by atoms with Gasteiger partial charge >= 0.3 is 0 Å². The molecule has 2 heterocycles. The molecule has 3 rings (SSSR count). The third-order valence-electron chi connectivity index (χ3n) is 3.42. The molecular weight excluding hydrogens is 272 g/mol. The number of nitrogens with two attached hydrogens (primary N) is 1. The second-order valence-corrected chi connectivity index (χ2v) is 5.84. The normalized spacial score (nSPS) is 19.2. The van der Waals surface area contributed by atoms with Gasteiger partial charge in [-0.15, -0.1) is 11.8 Å². The van der Waals surface area contributed by atoms with Crippen molar-refractivity contribution in [1.29, 1.82) is 0 Å². The number of rotatable bonds is 4. The smallest absolute Gasteiger partial charge is 0.138 e. The largest absolute Gasteiger partial charge is 0.487 e. The van der Waals surface area contributed by atoms with Crippen molar-refractivity contribution in [3.05, 3.63) is 36.4 Å². The van der Waals surface area contributed by atoms with E-state index in [0.717, 1.165) is 23.9 Å². The van der Waals surface area contributed by atoms with Crippen LogP contribution in [0.4, 0.5) is 0 Å². The van der Waals surface area contributed by atoms with Gasteiger partial charge in [-0.1, -0.05) is 12.1 Å². The van der Waals surface area contributed by atoms with Crippen LogP contribution in [0.3, 0.4) is 0 Å². The number of aryl methyl sites for hydroxylation is 1. The van der Waals surface area contributed by atoms with Gasteiger partial charge in [-0.25, -0.2) is 4.98 Å². The van der Waals surface area contributed by atoms with Gasteiger partial charge in [0, 0.05) is 29.7 Å². The van der Waals surface area contributed by atoms with Gasteiger partial charge in [-0.3, -0.25) is 4.68 Å². The van der Waals surface area contributed by atoms with E-state index in [1.165, 1.54) is 4.90 Å². The Morgan fingerprint density at radius 1 is 1.50 bits per heavy atom. The lowest BCUT2D eigenvalue weighted by molar-refractivity contribution is 0.182. The van der Waals surface area contributed by atoms with Crippen molar-refractivity contribution < 1.29 is 4.74 Å². The van der Waals surface area contributed by atoms with Gasteiger partial charge in [0.05, 0.1) is 0 Å². The maximum atomic E-state index is 6.30. The fourth-order valence-electron chi connectivity index (χ4n) is 2.30. The van der Waals surface area contributed by atoms with E-state index in [9.17, 15) is 0 Å². The van der Waals surface area contributed by atoms with E-state index in [1.807, 2.05) is 29.8 Å². The van der Waals surface area contributed by atoms with E-state index in [2.05, 4.69) is 16.1 Å². The summed E-state index contributed by atoms with van der Waals surface area (Å²) in [6.07, 6.45) is 2.27. The van der Waals surface area contributed by atoms with Gasteiger partial charge in [0.2, 0.25) is 0 Å².